The first-order valence-electron chi connectivity index (χ1n) is 7.46. The minimum Gasteiger partial charge on any atom is -0.394 e. The molecule has 0 unspecified atom stereocenters. The first-order chi connectivity index (χ1) is 10.1. The molecule has 21 heavy (non-hydrogen) atoms. The number of amides is 2. The summed E-state index contributed by atoms with van der Waals surface area (Å²) in [5.74, 6) is 0.0369. The molecule has 0 atom stereocenters. The molecule has 2 fully saturated rings. The topological polar surface area (TPSA) is 78.4 Å². The summed E-state index contributed by atoms with van der Waals surface area (Å²) in [4.78, 5) is 24.5. The highest BCUT2D eigenvalue weighted by Gasteiger charge is 2.35. The third kappa shape index (κ3) is 3.27. The number of nitrogens with one attached hydrogen (secondary N) is 2. The van der Waals surface area contributed by atoms with E-state index in [9.17, 15) is 14.7 Å². The van der Waals surface area contributed by atoms with Crippen molar-refractivity contribution in [2.75, 3.05) is 11.9 Å². The molecule has 3 N–H and O–H groups in total. The summed E-state index contributed by atoms with van der Waals surface area (Å²) < 4.78 is 0. The number of carbonyl (C=O) groups is 2. The Morgan fingerprint density at radius 3 is 2.62 bits per heavy atom. The Bertz CT molecular complexity index is 545. The largest absolute Gasteiger partial charge is 0.394 e. The minimum absolute atomic E-state index is 0.0185. The predicted molar refractivity (Wildman–Crippen MR) is 81.4 cm³/mol. The van der Waals surface area contributed by atoms with Crippen molar-refractivity contribution in [2.45, 2.75) is 44.1 Å². The van der Waals surface area contributed by atoms with Gasteiger partial charge in [0.1, 0.15) is 0 Å². The first-order valence-corrected chi connectivity index (χ1v) is 8.28. The average Bonchev–Trinajstić information content (AvgIpc) is 3.06. The van der Waals surface area contributed by atoms with Gasteiger partial charge >= 0.3 is 0 Å². The fourth-order valence-electron chi connectivity index (χ4n) is 2.77. The van der Waals surface area contributed by atoms with Gasteiger partial charge < -0.3 is 15.7 Å². The number of aliphatic hydroxyl groups excluding tert-OH is 1. The zero-order valence-corrected chi connectivity index (χ0v) is 12.7. The molecule has 5 nitrogen and oxygen atoms in total. The van der Waals surface area contributed by atoms with Crippen molar-refractivity contribution in [3.05, 3.63) is 17.0 Å². The lowest BCUT2D eigenvalue weighted by molar-refractivity contribution is -0.117. The monoisotopic (exact) mass is 308 g/mol. The Morgan fingerprint density at radius 1 is 1.29 bits per heavy atom. The van der Waals surface area contributed by atoms with Gasteiger partial charge in [-0.3, -0.25) is 9.59 Å². The summed E-state index contributed by atoms with van der Waals surface area (Å²) >= 11 is 1.28. The van der Waals surface area contributed by atoms with Crippen LogP contribution in [-0.4, -0.2) is 29.1 Å². The van der Waals surface area contributed by atoms with Gasteiger partial charge in [-0.05, 0) is 37.8 Å². The van der Waals surface area contributed by atoms with E-state index in [1.165, 1.54) is 11.3 Å². The summed E-state index contributed by atoms with van der Waals surface area (Å²) in [5, 5.41) is 16.1. The number of rotatable bonds is 5. The smallest absolute Gasteiger partial charge is 0.261 e. The molecule has 1 heterocycles. The molecule has 0 aliphatic heterocycles. The number of thiophene rings is 1. The molecule has 114 valence electrons. The van der Waals surface area contributed by atoms with Gasteiger partial charge in [-0.1, -0.05) is 12.8 Å². The maximum Gasteiger partial charge on any atom is 0.261 e. The first kappa shape index (κ1) is 14.5. The molecule has 2 saturated carbocycles. The van der Waals surface area contributed by atoms with Gasteiger partial charge in [0, 0.05) is 5.92 Å². The Labute approximate surface area is 127 Å². The van der Waals surface area contributed by atoms with E-state index in [0.29, 0.717) is 9.88 Å². The van der Waals surface area contributed by atoms with Gasteiger partial charge in [-0.15, -0.1) is 11.3 Å². The normalized spacial score (nSPS) is 20.2. The lowest BCUT2D eigenvalue weighted by Gasteiger charge is -2.27. The van der Waals surface area contributed by atoms with Crippen LogP contribution in [-0.2, 0) is 4.79 Å². The third-order valence-corrected chi connectivity index (χ3v) is 5.27. The van der Waals surface area contributed by atoms with E-state index in [2.05, 4.69) is 10.6 Å². The second-order valence-corrected chi connectivity index (χ2v) is 7.11. The van der Waals surface area contributed by atoms with E-state index < -0.39 is 5.54 Å². The lowest BCUT2D eigenvalue weighted by Crippen LogP contribution is -2.49. The molecule has 6 heteroatoms. The summed E-state index contributed by atoms with van der Waals surface area (Å²) in [6.07, 6.45) is 5.65. The van der Waals surface area contributed by atoms with Gasteiger partial charge in [-0.25, -0.2) is 0 Å². The van der Waals surface area contributed by atoms with Gasteiger partial charge in [0.05, 0.1) is 22.0 Å². The van der Waals surface area contributed by atoms with Crippen molar-refractivity contribution in [3.63, 3.8) is 0 Å². The van der Waals surface area contributed by atoms with Crippen molar-refractivity contribution in [2.24, 2.45) is 5.92 Å². The van der Waals surface area contributed by atoms with Crippen LogP contribution < -0.4 is 10.6 Å². The van der Waals surface area contributed by atoms with Crippen LogP contribution >= 0.6 is 11.3 Å². The zero-order chi connectivity index (χ0) is 14.9. The molecule has 2 aliphatic carbocycles. The number of hydrogen-bond acceptors (Lipinski definition) is 4. The molecule has 2 amide bonds. The van der Waals surface area contributed by atoms with E-state index in [1.807, 2.05) is 0 Å². The van der Waals surface area contributed by atoms with E-state index >= 15 is 0 Å². The average molecular weight is 308 g/mol. The molecule has 0 bridgehead atoms. The fourth-order valence-corrected chi connectivity index (χ4v) is 3.58. The Morgan fingerprint density at radius 2 is 2.00 bits per heavy atom. The van der Waals surface area contributed by atoms with Crippen molar-refractivity contribution in [1.82, 2.24) is 5.32 Å². The number of carbonyl (C=O) groups excluding carboxylic acids is 2. The van der Waals surface area contributed by atoms with Crippen LogP contribution in [0.15, 0.2) is 12.1 Å². The van der Waals surface area contributed by atoms with Crippen LogP contribution in [0.2, 0.25) is 0 Å². The van der Waals surface area contributed by atoms with Gasteiger partial charge in [0.15, 0.2) is 0 Å². The van der Waals surface area contributed by atoms with Crippen LogP contribution in [0.4, 0.5) is 5.00 Å². The van der Waals surface area contributed by atoms with E-state index in [1.54, 1.807) is 12.1 Å². The second kappa shape index (κ2) is 5.77. The lowest BCUT2D eigenvalue weighted by atomic mass is 9.99. The van der Waals surface area contributed by atoms with Crippen molar-refractivity contribution in [3.8, 4) is 0 Å². The number of hydrogen-bond donors (Lipinski definition) is 3. The van der Waals surface area contributed by atoms with Crippen molar-refractivity contribution in [1.29, 1.82) is 0 Å². The SMILES string of the molecule is O=C(NC1(CO)CCCC1)c1ccc(NC(=O)C2CC2)s1. The summed E-state index contributed by atoms with van der Waals surface area (Å²) in [6.45, 7) is -0.0185. The summed E-state index contributed by atoms with van der Waals surface area (Å²) in [7, 11) is 0. The van der Waals surface area contributed by atoms with Crippen molar-refractivity contribution >= 4 is 28.2 Å². The summed E-state index contributed by atoms with van der Waals surface area (Å²) in [5.41, 5.74) is -0.460. The van der Waals surface area contributed by atoms with Gasteiger partial charge in [-0.2, -0.15) is 0 Å². The molecule has 0 radical (unpaired) electrons. The highest BCUT2D eigenvalue weighted by atomic mass is 32.1. The summed E-state index contributed by atoms with van der Waals surface area (Å²) in [6, 6.07) is 3.49. The Hall–Kier alpha value is -1.40. The maximum absolute atomic E-state index is 12.3. The predicted octanol–water partition coefficient (Wildman–Crippen LogP) is 2.13. The van der Waals surface area contributed by atoms with Gasteiger partial charge in [0.25, 0.3) is 5.91 Å². The number of aliphatic hydroxyl groups is 1. The molecule has 0 aromatic carbocycles. The van der Waals surface area contributed by atoms with Crippen molar-refractivity contribution < 1.29 is 14.7 Å². The van der Waals surface area contributed by atoms with E-state index in [4.69, 9.17) is 0 Å². The van der Waals surface area contributed by atoms with Crippen LogP contribution in [0.25, 0.3) is 0 Å². The highest BCUT2D eigenvalue weighted by molar-refractivity contribution is 7.18. The zero-order valence-electron chi connectivity index (χ0n) is 11.9. The van der Waals surface area contributed by atoms with Crippen LogP contribution in [0.1, 0.15) is 48.2 Å². The molecule has 0 spiro atoms. The van der Waals surface area contributed by atoms with E-state index in [0.717, 1.165) is 38.5 Å². The molecular weight excluding hydrogens is 288 g/mol. The quantitative estimate of drug-likeness (QED) is 0.780. The molecular formula is C15H20N2O3S. The maximum atomic E-state index is 12.3. The molecule has 2 aliphatic rings. The third-order valence-electron chi connectivity index (χ3n) is 4.27. The molecule has 3 rings (SSSR count). The molecule has 0 saturated heterocycles. The van der Waals surface area contributed by atoms with Crippen LogP contribution in [0.5, 0.6) is 0 Å². The van der Waals surface area contributed by atoms with Crippen LogP contribution in [0, 0.1) is 5.92 Å². The Balaban J connectivity index is 1.62. The standard InChI is InChI=1S/C15H20N2O3S/c18-9-15(7-1-2-8-15)17-14(20)11-5-6-12(21-11)16-13(19)10-3-4-10/h5-6,10,18H,1-4,7-9H2,(H,16,19)(H,17,20). The second-order valence-electron chi connectivity index (χ2n) is 6.03. The fraction of sp³-hybridized carbons (Fsp3) is 0.600. The van der Waals surface area contributed by atoms with Gasteiger partial charge in [0.2, 0.25) is 5.91 Å². The molecule has 1 aromatic rings. The number of anilines is 1. The molecule has 1 aromatic heterocycles. The van der Waals surface area contributed by atoms with E-state index in [-0.39, 0.29) is 24.3 Å². The van der Waals surface area contributed by atoms with Crippen LogP contribution in [0.3, 0.4) is 0 Å². The Kier molecular flexibility index (Phi) is 3.99. The minimum atomic E-state index is -0.460. The highest BCUT2D eigenvalue weighted by Crippen LogP contribution is 2.32.